The molecule has 202 valence electrons. The van der Waals surface area contributed by atoms with Crippen molar-refractivity contribution < 1.29 is 14.6 Å². The van der Waals surface area contributed by atoms with E-state index in [1.165, 1.54) is 10.5 Å². The third-order valence-corrected chi connectivity index (χ3v) is 7.49. The standard InChI is InChI=1S/C31H38ClN3O3/c1-31(2,3)34-29-13-15-33-19-26(29)24-14-16-35(30(36)37)20-27(24)25-12-11-22(18-28(25)32)23-10-6-5-8-21(23)9-7-17-38-4/h5-6,8,10-13,15,18-19,24,27H,7,9,14,16-17,20H2,1-4H3,(H,33,34)(H,36,37). The average Bonchev–Trinajstić information content (AvgIpc) is 2.88. The Bertz CT molecular complexity index is 1260. The predicted molar refractivity (Wildman–Crippen MR) is 154 cm³/mol. The average molecular weight is 536 g/mol. The number of aryl methyl sites for hydroxylation is 1. The first-order valence-corrected chi connectivity index (χ1v) is 13.6. The molecule has 38 heavy (non-hydrogen) atoms. The summed E-state index contributed by atoms with van der Waals surface area (Å²) in [5.41, 5.74) is 6.45. The third-order valence-electron chi connectivity index (χ3n) is 7.17. The lowest BCUT2D eigenvalue weighted by Crippen LogP contribution is -2.41. The minimum atomic E-state index is -0.898. The quantitative estimate of drug-likeness (QED) is 0.293. The van der Waals surface area contributed by atoms with Gasteiger partial charge in [0.1, 0.15) is 0 Å². The van der Waals surface area contributed by atoms with E-state index in [0.29, 0.717) is 24.5 Å². The van der Waals surface area contributed by atoms with Gasteiger partial charge >= 0.3 is 6.09 Å². The van der Waals surface area contributed by atoms with E-state index in [2.05, 4.69) is 61.4 Å². The van der Waals surface area contributed by atoms with Gasteiger partial charge < -0.3 is 20.1 Å². The van der Waals surface area contributed by atoms with Crippen LogP contribution in [0.5, 0.6) is 0 Å². The van der Waals surface area contributed by atoms with Crippen molar-refractivity contribution in [2.75, 3.05) is 32.1 Å². The number of carbonyl (C=O) groups is 1. The highest BCUT2D eigenvalue weighted by molar-refractivity contribution is 6.31. The normalized spacial score (nSPS) is 17.9. The summed E-state index contributed by atoms with van der Waals surface area (Å²) >= 11 is 7.00. The molecule has 4 rings (SSSR count). The molecule has 1 aromatic heterocycles. The van der Waals surface area contributed by atoms with Crippen LogP contribution in [0.25, 0.3) is 11.1 Å². The molecular weight excluding hydrogens is 498 g/mol. The van der Waals surface area contributed by atoms with Crippen molar-refractivity contribution in [1.82, 2.24) is 9.88 Å². The van der Waals surface area contributed by atoms with E-state index in [1.807, 2.05) is 24.4 Å². The Morgan fingerprint density at radius 1 is 1.16 bits per heavy atom. The van der Waals surface area contributed by atoms with Crippen LogP contribution in [0.15, 0.2) is 60.9 Å². The number of aromatic nitrogens is 1. The molecule has 2 unspecified atom stereocenters. The van der Waals surface area contributed by atoms with Gasteiger partial charge in [-0.2, -0.15) is 0 Å². The van der Waals surface area contributed by atoms with E-state index < -0.39 is 6.09 Å². The number of nitrogens with zero attached hydrogens (tertiary/aromatic N) is 2. The number of carboxylic acid groups (broad SMARTS) is 1. The third kappa shape index (κ3) is 6.66. The zero-order chi connectivity index (χ0) is 27.3. The second-order valence-electron chi connectivity index (χ2n) is 11.1. The van der Waals surface area contributed by atoms with E-state index in [1.54, 1.807) is 13.3 Å². The topological polar surface area (TPSA) is 74.7 Å². The van der Waals surface area contributed by atoms with Crippen molar-refractivity contribution in [3.8, 4) is 11.1 Å². The molecule has 1 aliphatic heterocycles. The molecule has 3 aromatic rings. The molecule has 6 nitrogen and oxygen atoms in total. The Hall–Kier alpha value is -3.09. The summed E-state index contributed by atoms with van der Waals surface area (Å²) in [5, 5.41) is 14.1. The Balaban J connectivity index is 1.71. The van der Waals surface area contributed by atoms with Crippen LogP contribution in [0.4, 0.5) is 10.5 Å². The smallest absolute Gasteiger partial charge is 0.407 e. The van der Waals surface area contributed by atoms with Gasteiger partial charge in [0.25, 0.3) is 0 Å². The van der Waals surface area contributed by atoms with Crippen molar-refractivity contribution in [3.05, 3.63) is 82.6 Å². The number of anilines is 1. The minimum absolute atomic E-state index is 0.0776. The lowest BCUT2D eigenvalue weighted by molar-refractivity contribution is 0.125. The molecule has 2 heterocycles. The number of pyridine rings is 1. The SMILES string of the molecule is COCCCc1ccccc1-c1ccc(C2CN(C(=O)O)CCC2c2cnccc2NC(C)(C)C)c(Cl)c1. The summed E-state index contributed by atoms with van der Waals surface area (Å²) in [4.78, 5) is 17.9. The monoisotopic (exact) mass is 535 g/mol. The number of hydrogen-bond acceptors (Lipinski definition) is 4. The molecule has 2 aromatic carbocycles. The second-order valence-corrected chi connectivity index (χ2v) is 11.5. The van der Waals surface area contributed by atoms with Crippen LogP contribution in [-0.4, -0.2) is 53.4 Å². The molecule has 0 bridgehead atoms. The molecule has 2 N–H and O–H groups in total. The molecule has 0 spiro atoms. The van der Waals surface area contributed by atoms with E-state index in [9.17, 15) is 9.90 Å². The summed E-state index contributed by atoms with van der Waals surface area (Å²) < 4.78 is 5.24. The predicted octanol–water partition coefficient (Wildman–Crippen LogP) is 7.44. The van der Waals surface area contributed by atoms with Gasteiger partial charge in [-0.25, -0.2) is 4.79 Å². The molecule has 1 fully saturated rings. The van der Waals surface area contributed by atoms with Crippen LogP contribution in [0, 0.1) is 0 Å². The second kappa shape index (κ2) is 12.2. The van der Waals surface area contributed by atoms with Crippen LogP contribution in [0.3, 0.4) is 0 Å². The zero-order valence-electron chi connectivity index (χ0n) is 22.7. The lowest BCUT2D eigenvalue weighted by atomic mass is 9.76. The summed E-state index contributed by atoms with van der Waals surface area (Å²) in [7, 11) is 1.72. The number of rotatable bonds is 8. The Morgan fingerprint density at radius 3 is 2.66 bits per heavy atom. The number of benzene rings is 2. The van der Waals surface area contributed by atoms with Gasteiger partial charge in [-0.3, -0.25) is 4.98 Å². The number of halogens is 1. The fourth-order valence-electron chi connectivity index (χ4n) is 5.46. The molecular formula is C31H38ClN3O3. The summed E-state index contributed by atoms with van der Waals surface area (Å²) in [6.45, 7) is 7.97. The summed E-state index contributed by atoms with van der Waals surface area (Å²) in [5.74, 6) is -0.0168. The Labute approximate surface area is 231 Å². The Kier molecular flexibility index (Phi) is 8.95. The number of likely N-dealkylation sites (tertiary alicyclic amines) is 1. The molecule has 0 saturated carbocycles. The van der Waals surface area contributed by atoms with E-state index in [0.717, 1.165) is 47.4 Å². The highest BCUT2D eigenvalue weighted by atomic mass is 35.5. The fourth-order valence-corrected chi connectivity index (χ4v) is 5.78. The van der Waals surface area contributed by atoms with Gasteiger partial charge in [0.05, 0.1) is 0 Å². The first-order valence-electron chi connectivity index (χ1n) is 13.2. The van der Waals surface area contributed by atoms with Crippen LogP contribution in [0.2, 0.25) is 5.02 Å². The fraction of sp³-hybridized carbons (Fsp3) is 0.419. The van der Waals surface area contributed by atoms with Gasteiger partial charge in [-0.1, -0.05) is 48.0 Å². The van der Waals surface area contributed by atoms with Crippen molar-refractivity contribution in [2.45, 2.75) is 57.4 Å². The maximum atomic E-state index is 12.0. The van der Waals surface area contributed by atoms with Crippen LogP contribution in [0.1, 0.15) is 62.1 Å². The van der Waals surface area contributed by atoms with Crippen molar-refractivity contribution >= 4 is 23.4 Å². The molecule has 2 atom stereocenters. The number of nitrogens with one attached hydrogen (secondary N) is 1. The highest BCUT2D eigenvalue weighted by Crippen LogP contribution is 2.45. The highest BCUT2D eigenvalue weighted by Gasteiger charge is 2.36. The minimum Gasteiger partial charge on any atom is -0.465 e. The first kappa shape index (κ1) is 27.9. The van der Waals surface area contributed by atoms with Gasteiger partial charge in [-0.15, -0.1) is 0 Å². The number of ether oxygens (including phenoxy) is 1. The van der Waals surface area contributed by atoms with E-state index in [-0.39, 0.29) is 17.4 Å². The lowest BCUT2D eigenvalue weighted by Gasteiger charge is -2.39. The molecule has 1 amide bonds. The van der Waals surface area contributed by atoms with Crippen molar-refractivity contribution in [3.63, 3.8) is 0 Å². The number of hydrogen-bond donors (Lipinski definition) is 2. The maximum absolute atomic E-state index is 12.0. The number of piperidine rings is 1. The number of methoxy groups -OCH3 is 1. The van der Waals surface area contributed by atoms with Crippen molar-refractivity contribution in [2.24, 2.45) is 0 Å². The Morgan fingerprint density at radius 2 is 1.95 bits per heavy atom. The van der Waals surface area contributed by atoms with Crippen molar-refractivity contribution in [1.29, 1.82) is 0 Å². The van der Waals surface area contributed by atoms with Gasteiger partial charge in [-0.05, 0) is 85.9 Å². The van der Waals surface area contributed by atoms with Crippen LogP contribution in [-0.2, 0) is 11.2 Å². The molecule has 1 aliphatic rings. The van der Waals surface area contributed by atoms with Gasteiger partial charge in [0.15, 0.2) is 0 Å². The molecule has 1 saturated heterocycles. The number of amides is 1. The maximum Gasteiger partial charge on any atom is 0.407 e. The van der Waals surface area contributed by atoms with Gasteiger partial charge in [0.2, 0.25) is 0 Å². The zero-order valence-corrected chi connectivity index (χ0v) is 23.5. The largest absolute Gasteiger partial charge is 0.465 e. The summed E-state index contributed by atoms with van der Waals surface area (Å²) in [6.07, 6.45) is 5.38. The van der Waals surface area contributed by atoms with E-state index >= 15 is 0 Å². The van der Waals surface area contributed by atoms with Crippen LogP contribution < -0.4 is 5.32 Å². The first-order chi connectivity index (χ1) is 18.2. The van der Waals surface area contributed by atoms with E-state index in [4.69, 9.17) is 16.3 Å². The van der Waals surface area contributed by atoms with Crippen LogP contribution >= 0.6 is 11.6 Å². The molecule has 0 aliphatic carbocycles. The molecule has 0 radical (unpaired) electrons. The van der Waals surface area contributed by atoms with Gasteiger partial charge in [0, 0.05) is 61.4 Å². The molecule has 7 heteroatoms. The summed E-state index contributed by atoms with van der Waals surface area (Å²) in [6, 6.07) is 16.6.